The first-order valence-corrected chi connectivity index (χ1v) is 9.97. The van der Waals surface area contributed by atoms with Crippen LogP contribution in [0.3, 0.4) is 0 Å². The van der Waals surface area contributed by atoms with Crippen LogP contribution in [0.15, 0.2) is 45.8 Å². The Bertz CT molecular complexity index is 932. The third-order valence-electron chi connectivity index (χ3n) is 3.64. The minimum atomic E-state index is -0.405. The number of ether oxygens (including phenoxy) is 2. The highest BCUT2D eigenvalue weighted by molar-refractivity contribution is 9.10. The van der Waals surface area contributed by atoms with Gasteiger partial charge in [-0.1, -0.05) is 27.5 Å². The molecule has 0 aromatic heterocycles. The first-order valence-electron chi connectivity index (χ1n) is 7.98. The number of halogens is 2. The van der Waals surface area contributed by atoms with Gasteiger partial charge in [-0.2, -0.15) is 0 Å². The molecule has 5 nitrogen and oxygen atoms in total. The average molecular weight is 469 g/mol. The van der Waals surface area contributed by atoms with Gasteiger partial charge in [0.1, 0.15) is 24.7 Å². The molecule has 1 fully saturated rings. The number of hydrogen-bond donors (Lipinski definition) is 1. The van der Waals surface area contributed by atoms with E-state index in [1.54, 1.807) is 24.3 Å². The normalized spacial score (nSPS) is 15.1. The second-order valence-electron chi connectivity index (χ2n) is 5.64. The average Bonchev–Trinajstić information content (AvgIpc) is 2.93. The molecule has 1 aliphatic heterocycles. The highest BCUT2D eigenvalue weighted by Gasteiger charge is 2.25. The number of aryl methyl sites for hydroxylation is 1. The van der Waals surface area contributed by atoms with E-state index in [1.807, 2.05) is 25.1 Å². The molecule has 3 rings (SSSR count). The maximum Gasteiger partial charge on any atom is 0.290 e. The maximum absolute atomic E-state index is 11.8. The highest BCUT2D eigenvalue weighted by Crippen LogP contribution is 2.31. The number of rotatable bonds is 6. The highest BCUT2D eigenvalue weighted by atomic mass is 79.9. The molecule has 1 saturated heterocycles. The van der Waals surface area contributed by atoms with Crippen LogP contribution in [0.5, 0.6) is 11.5 Å². The van der Waals surface area contributed by atoms with Crippen LogP contribution in [0, 0.1) is 6.92 Å². The Morgan fingerprint density at radius 2 is 1.93 bits per heavy atom. The molecular weight excluding hydrogens is 454 g/mol. The summed E-state index contributed by atoms with van der Waals surface area (Å²) in [5.41, 5.74) is 1.64. The van der Waals surface area contributed by atoms with Gasteiger partial charge in [-0.25, -0.2) is 0 Å². The summed E-state index contributed by atoms with van der Waals surface area (Å²) >= 11 is 10.3. The molecule has 2 amide bonds. The second-order valence-corrected chi connectivity index (χ2v) is 7.98. The molecule has 2 aromatic rings. The standard InChI is InChI=1S/C19H15BrClNO4S/c1-11-8-14(3-4-15(11)21)25-6-7-26-16-5-2-13(20)9-12(16)10-17-18(23)22-19(24)27-17/h2-5,8-10H,6-7H2,1H3,(H,22,23,24)/b17-10+. The zero-order chi connectivity index (χ0) is 19.4. The fraction of sp³-hybridized carbons (Fsp3) is 0.158. The van der Waals surface area contributed by atoms with Crippen molar-refractivity contribution in [1.82, 2.24) is 5.32 Å². The van der Waals surface area contributed by atoms with E-state index < -0.39 is 5.91 Å². The predicted molar refractivity (Wildman–Crippen MR) is 110 cm³/mol. The molecule has 8 heteroatoms. The third kappa shape index (κ3) is 5.28. The van der Waals surface area contributed by atoms with Gasteiger partial charge >= 0.3 is 0 Å². The minimum Gasteiger partial charge on any atom is -0.490 e. The molecule has 0 atom stereocenters. The van der Waals surface area contributed by atoms with Gasteiger partial charge in [0.2, 0.25) is 0 Å². The molecule has 0 unspecified atom stereocenters. The van der Waals surface area contributed by atoms with Crippen LogP contribution >= 0.6 is 39.3 Å². The van der Waals surface area contributed by atoms with E-state index in [0.717, 1.165) is 27.5 Å². The van der Waals surface area contributed by atoms with E-state index in [2.05, 4.69) is 21.2 Å². The van der Waals surface area contributed by atoms with Crippen molar-refractivity contribution in [1.29, 1.82) is 0 Å². The summed E-state index contributed by atoms with van der Waals surface area (Å²) in [6.07, 6.45) is 1.63. The largest absolute Gasteiger partial charge is 0.490 e. The van der Waals surface area contributed by atoms with Crippen LogP contribution in [0.1, 0.15) is 11.1 Å². The van der Waals surface area contributed by atoms with Crippen LogP contribution in [0.4, 0.5) is 4.79 Å². The van der Waals surface area contributed by atoms with Crippen molar-refractivity contribution in [2.24, 2.45) is 0 Å². The molecule has 2 aromatic carbocycles. The zero-order valence-corrected chi connectivity index (χ0v) is 17.4. The predicted octanol–water partition coefficient (Wildman–Crippen LogP) is 5.19. The molecule has 1 N–H and O–H groups in total. The molecule has 1 aliphatic rings. The van der Waals surface area contributed by atoms with Crippen molar-refractivity contribution >= 4 is 56.5 Å². The molecule has 140 valence electrons. The lowest BCUT2D eigenvalue weighted by molar-refractivity contribution is -0.115. The van der Waals surface area contributed by atoms with E-state index >= 15 is 0 Å². The first kappa shape index (κ1) is 19.8. The molecular formula is C19H15BrClNO4S. The zero-order valence-electron chi connectivity index (χ0n) is 14.3. The third-order valence-corrected chi connectivity index (χ3v) is 5.37. The van der Waals surface area contributed by atoms with Crippen LogP contribution in [0.2, 0.25) is 5.02 Å². The van der Waals surface area contributed by atoms with E-state index in [1.165, 1.54) is 0 Å². The summed E-state index contributed by atoms with van der Waals surface area (Å²) in [6.45, 7) is 2.58. The lowest BCUT2D eigenvalue weighted by Crippen LogP contribution is -2.17. The number of thioether (sulfide) groups is 1. The molecule has 0 aliphatic carbocycles. The van der Waals surface area contributed by atoms with E-state index in [9.17, 15) is 9.59 Å². The fourth-order valence-electron chi connectivity index (χ4n) is 2.34. The summed E-state index contributed by atoms with van der Waals surface area (Å²) < 4.78 is 12.3. The van der Waals surface area contributed by atoms with Crippen molar-refractivity contribution in [2.75, 3.05) is 13.2 Å². The summed E-state index contributed by atoms with van der Waals surface area (Å²) in [4.78, 5) is 23.4. The Morgan fingerprint density at radius 1 is 1.15 bits per heavy atom. The Balaban J connectivity index is 1.65. The number of carbonyl (C=O) groups excluding carboxylic acids is 2. The number of carbonyl (C=O) groups is 2. The molecule has 0 spiro atoms. The van der Waals surface area contributed by atoms with Crippen LogP contribution in [-0.4, -0.2) is 24.4 Å². The smallest absolute Gasteiger partial charge is 0.290 e. The lowest BCUT2D eigenvalue weighted by Gasteiger charge is -2.12. The number of benzene rings is 2. The summed E-state index contributed by atoms with van der Waals surface area (Å²) in [5.74, 6) is 0.905. The topological polar surface area (TPSA) is 64.6 Å². The molecule has 0 bridgehead atoms. The Kier molecular flexibility index (Phi) is 6.46. The van der Waals surface area contributed by atoms with E-state index in [4.69, 9.17) is 21.1 Å². The fourth-order valence-corrected chi connectivity index (χ4v) is 3.51. The monoisotopic (exact) mass is 467 g/mol. The van der Waals surface area contributed by atoms with Crippen molar-refractivity contribution < 1.29 is 19.1 Å². The van der Waals surface area contributed by atoms with Gasteiger partial charge in [0, 0.05) is 15.1 Å². The molecule has 0 saturated carbocycles. The van der Waals surface area contributed by atoms with Gasteiger partial charge in [-0.15, -0.1) is 0 Å². The van der Waals surface area contributed by atoms with Crippen molar-refractivity contribution in [2.45, 2.75) is 6.92 Å². The Labute approximate surface area is 174 Å². The summed E-state index contributed by atoms with van der Waals surface area (Å²) in [6, 6.07) is 10.9. The number of imide groups is 1. The van der Waals surface area contributed by atoms with Gasteiger partial charge in [0.25, 0.3) is 11.1 Å². The van der Waals surface area contributed by atoms with Crippen LogP contribution < -0.4 is 14.8 Å². The SMILES string of the molecule is Cc1cc(OCCOc2ccc(Br)cc2/C=C2/SC(=O)NC2=O)ccc1Cl. The van der Waals surface area contributed by atoms with Crippen molar-refractivity contribution in [3.8, 4) is 11.5 Å². The number of hydrogen-bond acceptors (Lipinski definition) is 5. The van der Waals surface area contributed by atoms with Gasteiger partial charge in [-0.3, -0.25) is 14.9 Å². The summed E-state index contributed by atoms with van der Waals surface area (Å²) in [7, 11) is 0. The maximum atomic E-state index is 11.8. The molecule has 1 heterocycles. The van der Waals surface area contributed by atoms with Gasteiger partial charge in [0.05, 0.1) is 4.91 Å². The van der Waals surface area contributed by atoms with Crippen LogP contribution in [-0.2, 0) is 4.79 Å². The van der Waals surface area contributed by atoms with E-state index in [-0.39, 0.29) is 5.24 Å². The van der Waals surface area contributed by atoms with E-state index in [0.29, 0.717) is 34.5 Å². The Hall–Kier alpha value is -1.96. The second kappa shape index (κ2) is 8.82. The Morgan fingerprint density at radius 3 is 2.63 bits per heavy atom. The van der Waals surface area contributed by atoms with Crippen molar-refractivity contribution in [3.63, 3.8) is 0 Å². The number of amides is 2. The lowest BCUT2D eigenvalue weighted by atomic mass is 10.2. The van der Waals surface area contributed by atoms with Gasteiger partial charge in [0.15, 0.2) is 0 Å². The van der Waals surface area contributed by atoms with Gasteiger partial charge < -0.3 is 9.47 Å². The quantitative estimate of drug-likeness (QED) is 0.467. The van der Waals surface area contributed by atoms with Crippen molar-refractivity contribution in [3.05, 3.63) is 61.9 Å². The molecule has 27 heavy (non-hydrogen) atoms. The van der Waals surface area contributed by atoms with Gasteiger partial charge in [-0.05, 0) is 66.7 Å². The van der Waals surface area contributed by atoms with Crippen LogP contribution in [0.25, 0.3) is 6.08 Å². The minimum absolute atomic E-state index is 0.317. The summed E-state index contributed by atoms with van der Waals surface area (Å²) in [5, 5.41) is 2.55. The number of nitrogens with one attached hydrogen (secondary N) is 1. The first-order chi connectivity index (χ1) is 12.9. The molecule has 0 radical (unpaired) electrons.